The van der Waals surface area contributed by atoms with E-state index in [1.807, 2.05) is 20.8 Å². The lowest BCUT2D eigenvalue weighted by Crippen LogP contribution is -2.49. The average Bonchev–Trinajstić information content (AvgIpc) is 2.81. The molecule has 1 aromatic heterocycles. The van der Waals surface area contributed by atoms with E-state index in [4.69, 9.17) is 0 Å². The Hall–Kier alpha value is -1.92. The van der Waals surface area contributed by atoms with E-state index in [2.05, 4.69) is 15.6 Å². The van der Waals surface area contributed by atoms with E-state index in [0.717, 1.165) is 12.1 Å². The van der Waals surface area contributed by atoms with Crippen molar-refractivity contribution in [3.63, 3.8) is 0 Å². The Bertz CT molecular complexity index is 527. The summed E-state index contributed by atoms with van der Waals surface area (Å²) < 4.78 is 1.61. The van der Waals surface area contributed by atoms with Gasteiger partial charge in [-0.25, -0.2) is 0 Å². The van der Waals surface area contributed by atoms with E-state index in [1.54, 1.807) is 22.8 Å². The van der Waals surface area contributed by atoms with Gasteiger partial charge in [-0.15, -0.1) is 5.10 Å². The molecule has 0 bridgehead atoms. The number of nitrogens with zero attached hydrogens (tertiary/aromatic N) is 4. The largest absolute Gasteiger partial charge is 0.344 e. The molecule has 1 aromatic rings. The van der Waals surface area contributed by atoms with Crippen molar-refractivity contribution < 1.29 is 9.59 Å². The first kappa shape index (κ1) is 15.5. The molecule has 1 saturated heterocycles. The molecule has 7 heteroatoms. The highest BCUT2D eigenvalue weighted by Gasteiger charge is 2.36. The number of aryl methyl sites for hydroxylation is 1. The van der Waals surface area contributed by atoms with Crippen molar-refractivity contribution in [2.24, 2.45) is 13.0 Å². The minimum atomic E-state index is -0.455. The standard InChI is InChI=1S/C14H23N5O2/c1-5-9(2)13-14(21)19(10(3)6-12(20)15-13)8-11-7-18(4)17-16-11/h7,9-10,13H,5-6,8H2,1-4H3,(H,15,20). The van der Waals surface area contributed by atoms with Gasteiger partial charge in [-0.1, -0.05) is 25.5 Å². The second-order valence-corrected chi connectivity index (χ2v) is 5.83. The van der Waals surface area contributed by atoms with Crippen molar-refractivity contribution in [3.8, 4) is 0 Å². The van der Waals surface area contributed by atoms with Crippen molar-refractivity contribution in [2.75, 3.05) is 0 Å². The summed E-state index contributed by atoms with van der Waals surface area (Å²) in [5.41, 5.74) is 0.731. The summed E-state index contributed by atoms with van der Waals surface area (Å²) in [5.74, 6) is 0.00672. The van der Waals surface area contributed by atoms with Gasteiger partial charge in [0.1, 0.15) is 11.7 Å². The highest BCUT2D eigenvalue weighted by molar-refractivity contribution is 5.90. The fourth-order valence-electron chi connectivity index (χ4n) is 2.57. The predicted octanol–water partition coefficient (Wildman–Crippen LogP) is 0.467. The quantitative estimate of drug-likeness (QED) is 0.875. The third-order valence-electron chi connectivity index (χ3n) is 4.07. The van der Waals surface area contributed by atoms with Crippen LogP contribution in [0.15, 0.2) is 6.20 Å². The minimum Gasteiger partial charge on any atom is -0.344 e. The molecule has 0 aliphatic carbocycles. The van der Waals surface area contributed by atoms with Gasteiger partial charge in [-0.3, -0.25) is 14.3 Å². The third kappa shape index (κ3) is 3.40. The lowest BCUT2D eigenvalue weighted by molar-refractivity contribution is -0.136. The van der Waals surface area contributed by atoms with Crippen LogP contribution >= 0.6 is 0 Å². The Kier molecular flexibility index (Phi) is 4.59. The van der Waals surface area contributed by atoms with Crippen LogP contribution in [0.3, 0.4) is 0 Å². The number of hydrogen-bond donors (Lipinski definition) is 1. The molecule has 1 fully saturated rings. The lowest BCUT2D eigenvalue weighted by atomic mass is 9.98. The van der Waals surface area contributed by atoms with Crippen LogP contribution in [-0.2, 0) is 23.2 Å². The van der Waals surface area contributed by atoms with Crippen molar-refractivity contribution in [2.45, 2.75) is 52.2 Å². The molecular formula is C14H23N5O2. The highest BCUT2D eigenvalue weighted by atomic mass is 16.2. The van der Waals surface area contributed by atoms with Crippen LogP contribution in [0.2, 0.25) is 0 Å². The zero-order valence-electron chi connectivity index (χ0n) is 13.0. The fourth-order valence-corrected chi connectivity index (χ4v) is 2.57. The van der Waals surface area contributed by atoms with Crippen LogP contribution < -0.4 is 5.32 Å². The second kappa shape index (κ2) is 6.24. The van der Waals surface area contributed by atoms with Crippen molar-refractivity contribution in [1.29, 1.82) is 0 Å². The van der Waals surface area contributed by atoms with Gasteiger partial charge in [0, 0.05) is 25.7 Å². The van der Waals surface area contributed by atoms with Crippen molar-refractivity contribution in [1.82, 2.24) is 25.2 Å². The highest BCUT2D eigenvalue weighted by Crippen LogP contribution is 2.19. The van der Waals surface area contributed by atoms with Gasteiger partial charge in [-0.05, 0) is 12.8 Å². The smallest absolute Gasteiger partial charge is 0.246 e. The molecule has 0 radical (unpaired) electrons. The topological polar surface area (TPSA) is 80.1 Å². The Balaban J connectivity index is 2.23. The van der Waals surface area contributed by atoms with Gasteiger partial charge in [0.05, 0.1) is 6.54 Å². The molecule has 1 aliphatic rings. The van der Waals surface area contributed by atoms with Gasteiger partial charge in [-0.2, -0.15) is 0 Å². The van der Waals surface area contributed by atoms with E-state index in [-0.39, 0.29) is 23.8 Å². The first-order valence-electron chi connectivity index (χ1n) is 7.37. The summed E-state index contributed by atoms with van der Waals surface area (Å²) in [4.78, 5) is 26.5. The van der Waals surface area contributed by atoms with Gasteiger partial charge in [0.15, 0.2) is 0 Å². The molecule has 2 heterocycles. The molecule has 1 N–H and O–H groups in total. The number of hydrogen-bond acceptors (Lipinski definition) is 4. The third-order valence-corrected chi connectivity index (χ3v) is 4.07. The van der Waals surface area contributed by atoms with Gasteiger partial charge < -0.3 is 10.2 Å². The lowest BCUT2D eigenvalue weighted by Gasteiger charge is -2.29. The molecule has 116 valence electrons. The maximum absolute atomic E-state index is 12.8. The SMILES string of the molecule is CCC(C)C1NC(=O)CC(C)N(Cc2cn(C)nn2)C1=O. The normalized spacial score (nSPS) is 24.7. The molecule has 2 amide bonds. The first-order chi connectivity index (χ1) is 9.92. The molecule has 7 nitrogen and oxygen atoms in total. The maximum Gasteiger partial charge on any atom is 0.246 e. The molecule has 0 saturated carbocycles. The predicted molar refractivity (Wildman–Crippen MR) is 77.0 cm³/mol. The molecule has 1 aliphatic heterocycles. The van der Waals surface area contributed by atoms with Gasteiger partial charge in [0.25, 0.3) is 0 Å². The number of carbonyl (C=O) groups excluding carboxylic acids is 2. The number of amides is 2. The Morgan fingerprint density at radius 3 is 2.76 bits per heavy atom. The van der Waals surface area contributed by atoms with Crippen molar-refractivity contribution >= 4 is 11.8 Å². The van der Waals surface area contributed by atoms with E-state index >= 15 is 0 Å². The van der Waals surface area contributed by atoms with Gasteiger partial charge >= 0.3 is 0 Å². The maximum atomic E-state index is 12.8. The van der Waals surface area contributed by atoms with Crippen LogP contribution in [0.4, 0.5) is 0 Å². The second-order valence-electron chi connectivity index (χ2n) is 5.83. The number of carbonyl (C=O) groups is 2. The summed E-state index contributed by atoms with van der Waals surface area (Å²) in [7, 11) is 1.79. The number of aromatic nitrogens is 3. The first-order valence-corrected chi connectivity index (χ1v) is 7.37. The summed E-state index contributed by atoms with van der Waals surface area (Å²) >= 11 is 0. The molecule has 0 aromatic carbocycles. The summed E-state index contributed by atoms with van der Waals surface area (Å²) in [5, 5.41) is 10.8. The van der Waals surface area contributed by atoms with Crippen LogP contribution in [0.1, 0.15) is 39.3 Å². The summed E-state index contributed by atoms with van der Waals surface area (Å²) in [6, 6.07) is -0.599. The van der Waals surface area contributed by atoms with Crippen LogP contribution in [0, 0.1) is 5.92 Å². The molecule has 3 atom stereocenters. The number of nitrogens with one attached hydrogen (secondary N) is 1. The Labute approximate surface area is 124 Å². The fraction of sp³-hybridized carbons (Fsp3) is 0.714. The summed E-state index contributed by atoms with van der Waals surface area (Å²) in [6.07, 6.45) is 2.95. The molecule has 3 unspecified atom stereocenters. The number of rotatable bonds is 4. The van der Waals surface area contributed by atoms with Gasteiger partial charge in [0.2, 0.25) is 11.8 Å². The van der Waals surface area contributed by atoms with Crippen LogP contribution in [-0.4, -0.2) is 43.8 Å². The van der Waals surface area contributed by atoms with E-state index < -0.39 is 6.04 Å². The molecular weight excluding hydrogens is 270 g/mol. The zero-order valence-corrected chi connectivity index (χ0v) is 13.0. The Morgan fingerprint density at radius 1 is 1.48 bits per heavy atom. The van der Waals surface area contributed by atoms with Crippen LogP contribution in [0.5, 0.6) is 0 Å². The van der Waals surface area contributed by atoms with Crippen molar-refractivity contribution in [3.05, 3.63) is 11.9 Å². The molecule has 0 spiro atoms. The van der Waals surface area contributed by atoms with Crippen LogP contribution in [0.25, 0.3) is 0 Å². The van der Waals surface area contributed by atoms with E-state index in [9.17, 15) is 9.59 Å². The minimum absolute atomic E-state index is 0.0339. The summed E-state index contributed by atoms with van der Waals surface area (Å²) in [6.45, 7) is 6.29. The zero-order chi connectivity index (χ0) is 15.6. The van der Waals surface area contributed by atoms with E-state index in [1.165, 1.54) is 0 Å². The van der Waals surface area contributed by atoms with E-state index in [0.29, 0.717) is 13.0 Å². The Morgan fingerprint density at radius 2 is 2.19 bits per heavy atom. The monoisotopic (exact) mass is 293 g/mol. The molecule has 2 rings (SSSR count). The molecule has 21 heavy (non-hydrogen) atoms. The average molecular weight is 293 g/mol.